The van der Waals surface area contributed by atoms with Crippen LogP contribution in [0.1, 0.15) is 11.3 Å². The normalized spacial score (nSPS) is 10.9. The van der Waals surface area contributed by atoms with E-state index in [1.54, 1.807) is 0 Å². The van der Waals surface area contributed by atoms with Crippen molar-refractivity contribution in [3.05, 3.63) is 66.0 Å². The molecule has 0 radical (unpaired) electrons. The Bertz CT molecular complexity index is 663. The fourth-order valence-electron chi connectivity index (χ4n) is 2.39. The molecule has 0 aliphatic carbocycles. The van der Waals surface area contributed by atoms with E-state index in [-0.39, 0.29) is 0 Å². The molecule has 0 aliphatic rings. The molecule has 17 heavy (non-hydrogen) atoms. The van der Waals surface area contributed by atoms with Crippen LogP contribution in [0.2, 0.25) is 0 Å². The highest BCUT2D eigenvalue weighted by atomic mass is 14.9. The Morgan fingerprint density at radius 3 is 2.35 bits per heavy atom. The van der Waals surface area contributed by atoms with Crippen molar-refractivity contribution in [2.75, 3.05) is 0 Å². The SMILES string of the molecule is Cc1cccn2c(C)c(-c3ccccc3)cc12. The highest BCUT2D eigenvalue weighted by Gasteiger charge is 2.08. The van der Waals surface area contributed by atoms with E-state index in [0.29, 0.717) is 0 Å². The van der Waals surface area contributed by atoms with Crippen molar-refractivity contribution >= 4 is 5.52 Å². The Morgan fingerprint density at radius 2 is 1.65 bits per heavy atom. The van der Waals surface area contributed by atoms with E-state index >= 15 is 0 Å². The van der Waals surface area contributed by atoms with Crippen molar-refractivity contribution < 1.29 is 0 Å². The van der Waals surface area contributed by atoms with Crippen LogP contribution in [0.15, 0.2) is 54.7 Å². The van der Waals surface area contributed by atoms with Gasteiger partial charge in [-0.2, -0.15) is 0 Å². The van der Waals surface area contributed by atoms with Gasteiger partial charge in [0.05, 0.1) is 0 Å². The first-order chi connectivity index (χ1) is 8.27. The summed E-state index contributed by atoms with van der Waals surface area (Å²) in [6.45, 7) is 4.33. The van der Waals surface area contributed by atoms with E-state index < -0.39 is 0 Å². The van der Waals surface area contributed by atoms with Gasteiger partial charge in [0.2, 0.25) is 0 Å². The molecule has 0 spiro atoms. The number of hydrogen-bond acceptors (Lipinski definition) is 0. The van der Waals surface area contributed by atoms with Gasteiger partial charge in [0.25, 0.3) is 0 Å². The summed E-state index contributed by atoms with van der Waals surface area (Å²) in [7, 11) is 0. The highest BCUT2D eigenvalue weighted by molar-refractivity contribution is 5.75. The number of benzene rings is 1. The lowest BCUT2D eigenvalue weighted by Gasteiger charge is -2.01. The summed E-state index contributed by atoms with van der Waals surface area (Å²) in [6.07, 6.45) is 2.13. The fraction of sp³-hybridized carbons (Fsp3) is 0.125. The van der Waals surface area contributed by atoms with E-state index in [2.05, 4.69) is 73.0 Å². The number of fused-ring (bicyclic) bond motifs is 1. The van der Waals surface area contributed by atoms with Gasteiger partial charge in [-0.1, -0.05) is 36.4 Å². The van der Waals surface area contributed by atoms with Crippen LogP contribution in [-0.2, 0) is 0 Å². The van der Waals surface area contributed by atoms with Crippen LogP contribution in [-0.4, -0.2) is 4.40 Å². The summed E-state index contributed by atoms with van der Waals surface area (Å²) < 4.78 is 2.26. The largest absolute Gasteiger partial charge is 0.320 e. The predicted molar refractivity (Wildman–Crippen MR) is 72.3 cm³/mol. The molecule has 3 aromatic rings. The van der Waals surface area contributed by atoms with Gasteiger partial charge in [0.15, 0.2) is 0 Å². The lowest BCUT2D eigenvalue weighted by atomic mass is 10.1. The maximum absolute atomic E-state index is 2.28. The molecule has 3 rings (SSSR count). The monoisotopic (exact) mass is 221 g/mol. The maximum atomic E-state index is 2.28. The van der Waals surface area contributed by atoms with Gasteiger partial charge >= 0.3 is 0 Å². The van der Waals surface area contributed by atoms with Crippen LogP contribution >= 0.6 is 0 Å². The molecule has 2 aromatic heterocycles. The van der Waals surface area contributed by atoms with Crippen molar-refractivity contribution in [2.24, 2.45) is 0 Å². The quantitative estimate of drug-likeness (QED) is 0.579. The topological polar surface area (TPSA) is 4.41 Å². The molecule has 0 saturated carbocycles. The maximum Gasteiger partial charge on any atom is 0.0488 e. The number of aromatic nitrogens is 1. The van der Waals surface area contributed by atoms with E-state index in [0.717, 1.165) is 0 Å². The van der Waals surface area contributed by atoms with E-state index in [1.807, 2.05) is 0 Å². The molecular formula is C16H15N. The molecule has 0 amide bonds. The molecule has 1 heteroatoms. The second-order valence-corrected chi connectivity index (χ2v) is 4.46. The summed E-state index contributed by atoms with van der Waals surface area (Å²) in [5, 5.41) is 0. The summed E-state index contributed by atoms with van der Waals surface area (Å²) in [5.41, 5.74) is 6.52. The van der Waals surface area contributed by atoms with Gasteiger partial charge in [-0.3, -0.25) is 0 Å². The molecule has 0 fully saturated rings. The average molecular weight is 221 g/mol. The Morgan fingerprint density at radius 1 is 0.882 bits per heavy atom. The number of pyridine rings is 1. The molecule has 2 heterocycles. The van der Waals surface area contributed by atoms with E-state index in [4.69, 9.17) is 0 Å². The van der Waals surface area contributed by atoms with Gasteiger partial charge < -0.3 is 4.40 Å². The zero-order valence-corrected chi connectivity index (χ0v) is 10.1. The first-order valence-electron chi connectivity index (χ1n) is 5.90. The predicted octanol–water partition coefficient (Wildman–Crippen LogP) is 4.22. The minimum absolute atomic E-state index is 1.29. The van der Waals surface area contributed by atoms with Crippen LogP contribution in [0.25, 0.3) is 16.6 Å². The summed E-state index contributed by atoms with van der Waals surface area (Å²) in [6, 6.07) is 17.1. The smallest absolute Gasteiger partial charge is 0.0488 e. The third-order valence-electron chi connectivity index (χ3n) is 3.36. The molecule has 84 valence electrons. The molecule has 0 saturated heterocycles. The van der Waals surface area contributed by atoms with Crippen LogP contribution in [0.5, 0.6) is 0 Å². The fourth-order valence-corrected chi connectivity index (χ4v) is 2.39. The molecular weight excluding hydrogens is 206 g/mol. The lowest BCUT2D eigenvalue weighted by Crippen LogP contribution is -1.88. The molecule has 1 nitrogen and oxygen atoms in total. The Balaban J connectivity index is 2.32. The second kappa shape index (κ2) is 3.77. The number of nitrogens with zero attached hydrogens (tertiary/aromatic N) is 1. The van der Waals surface area contributed by atoms with Gasteiger partial charge in [-0.05, 0) is 37.1 Å². The second-order valence-electron chi connectivity index (χ2n) is 4.46. The van der Waals surface area contributed by atoms with Gasteiger partial charge in [0, 0.05) is 23.0 Å². The summed E-state index contributed by atoms with van der Waals surface area (Å²) in [5.74, 6) is 0. The molecule has 0 N–H and O–H groups in total. The molecule has 0 bridgehead atoms. The number of rotatable bonds is 1. The first-order valence-corrected chi connectivity index (χ1v) is 5.90. The molecule has 0 aliphatic heterocycles. The Kier molecular flexibility index (Phi) is 2.25. The van der Waals surface area contributed by atoms with Crippen molar-refractivity contribution in [3.8, 4) is 11.1 Å². The molecule has 0 unspecified atom stereocenters. The van der Waals surface area contributed by atoms with E-state index in [9.17, 15) is 0 Å². The highest BCUT2D eigenvalue weighted by Crippen LogP contribution is 2.28. The minimum atomic E-state index is 1.29. The lowest BCUT2D eigenvalue weighted by molar-refractivity contribution is 1.10. The Labute approximate surface area is 101 Å². The van der Waals surface area contributed by atoms with Gasteiger partial charge in [-0.25, -0.2) is 0 Å². The number of aryl methyl sites for hydroxylation is 2. The van der Waals surface area contributed by atoms with Crippen LogP contribution in [0, 0.1) is 13.8 Å². The van der Waals surface area contributed by atoms with E-state index in [1.165, 1.54) is 27.9 Å². The molecule has 1 aromatic carbocycles. The minimum Gasteiger partial charge on any atom is -0.320 e. The van der Waals surface area contributed by atoms with Crippen molar-refractivity contribution in [1.82, 2.24) is 4.40 Å². The van der Waals surface area contributed by atoms with Crippen molar-refractivity contribution in [2.45, 2.75) is 13.8 Å². The molecule has 0 atom stereocenters. The van der Waals surface area contributed by atoms with Crippen LogP contribution < -0.4 is 0 Å². The Hall–Kier alpha value is -2.02. The van der Waals surface area contributed by atoms with Crippen LogP contribution in [0.4, 0.5) is 0 Å². The number of hydrogen-bond donors (Lipinski definition) is 0. The first kappa shape index (κ1) is 10.2. The zero-order valence-electron chi connectivity index (χ0n) is 10.1. The van der Waals surface area contributed by atoms with Crippen molar-refractivity contribution in [1.29, 1.82) is 0 Å². The van der Waals surface area contributed by atoms with Gasteiger partial charge in [-0.15, -0.1) is 0 Å². The standard InChI is InChI=1S/C16H15N/c1-12-7-6-10-17-13(2)15(11-16(12)17)14-8-4-3-5-9-14/h3-11H,1-2H3. The van der Waals surface area contributed by atoms with Crippen LogP contribution in [0.3, 0.4) is 0 Å². The third-order valence-corrected chi connectivity index (χ3v) is 3.36. The van der Waals surface area contributed by atoms with Crippen molar-refractivity contribution in [3.63, 3.8) is 0 Å². The van der Waals surface area contributed by atoms with Gasteiger partial charge in [0.1, 0.15) is 0 Å². The third kappa shape index (κ3) is 1.55. The summed E-state index contributed by atoms with van der Waals surface area (Å²) in [4.78, 5) is 0. The summed E-state index contributed by atoms with van der Waals surface area (Å²) >= 11 is 0. The zero-order chi connectivity index (χ0) is 11.8. The average Bonchev–Trinajstić information content (AvgIpc) is 2.70.